The highest BCUT2D eigenvalue weighted by molar-refractivity contribution is 6.33. The first kappa shape index (κ1) is 15.4. The fraction of sp³-hybridized carbons (Fsp3) is 0.429. The molecule has 1 aromatic rings. The van der Waals surface area contributed by atoms with Gasteiger partial charge in [0.15, 0.2) is 0 Å². The van der Waals surface area contributed by atoms with E-state index in [0.29, 0.717) is 5.69 Å². The van der Waals surface area contributed by atoms with Crippen molar-refractivity contribution in [3.8, 4) is 5.75 Å². The molecule has 3 amide bonds. The maximum atomic E-state index is 11.9. The van der Waals surface area contributed by atoms with Gasteiger partial charge in [-0.2, -0.15) is 0 Å². The zero-order valence-corrected chi connectivity index (χ0v) is 12.2. The minimum absolute atomic E-state index is 0.0423. The van der Waals surface area contributed by atoms with E-state index in [4.69, 9.17) is 17.3 Å². The SMILES string of the molecule is NC(=O)c1cc(NC(=O)NC2CCCCC2)cc(Cl)c1O. The number of phenols is 1. The Morgan fingerprint density at radius 2 is 1.90 bits per heavy atom. The van der Waals surface area contributed by atoms with Crippen molar-refractivity contribution in [2.75, 3.05) is 5.32 Å². The lowest BCUT2D eigenvalue weighted by Gasteiger charge is -2.23. The van der Waals surface area contributed by atoms with Crippen molar-refractivity contribution in [2.45, 2.75) is 38.1 Å². The van der Waals surface area contributed by atoms with Crippen LogP contribution in [0, 0.1) is 0 Å². The average molecular weight is 312 g/mol. The molecule has 0 atom stereocenters. The molecule has 0 aliphatic heterocycles. The number of aromatic hydroxyl groups is 1. The second-order valence-corrected chi connectivity index (χ2v) is 5.56. The molecule has 0 unspecified atom stereocenters. The smallest absolute Gasteiger partial charge is 0.319 e. The molecule has 0 heterocycles. The Kier molecular flexibility index (Phi) is 4.90. The van der Waals surface area contributed by atoms with Gasteiger partial charge in [-0.05, 0) is 25.0 Å². The van der Waals surface area contributed by atoms with Crippen molar-refractivity contribution >= 4 is 29.2 Å². The van der Waals surface area contributed by atoms with Crippen LogP contribution in [0.25, 0.3) is 0 Å². The molecule has 6 nitrogen and oxygen atoms in total. The van der Waals surface area contributed by atoms with E-state index >= 15 is 0 Å². The van der Waals surface area contributed by atoms with Crippen LogP contribution < -0.4 is 16.4 Å². The second kappa shape index (κ2) is 6.67. The molecule has 1 aliphatic carbocycles. The minimum atomic E-state index is -0.814. The average Bonchev–Trinajstić information content (AvgIpc) is 2.43. The topological polar surface area (TPSA) is 104 Å². The van der Waals surface area contributed by atoms with E-state index in [0.717, 1.165) is 25.7 Å². The molecular formula is C14H18ClN3O3. The van der Waals surface area contributed by atoms with Crippen LogP contribution in [0.4, 0.5) is 10.5 Å². The predicted molar refractivity (Wildman–Crippen MR) is 80.7 cm³/mol. The Labute approximate surface area is 127 Å². The van der Waals surface area contributed by atoms with E-state index in [1.807, 2.05) is 0 Å². The van der Waals surface area contributed by atoms with Gasteiger partial charge >= 0.3 is 6.03 Å². The minimum Gasteiger partial charge on any atom is -0.506 e. The Balaban J connectivity index is 2.05. The van der Waals surface area contributed by atoms with Gasteiger partial charge < -0.3 is 21.5 Å². The summed E-state index contributed by atoms with van der Waals surface area (Å²) in [4.78, 5) is 23.1. The van der Waals surface area contributed by atoms with Crippen molar-refractivity contribution in [3.05, 3.63) is 22.7 Å². The highest BCUT2D eigenvalue weighted by atomic mass is 35.5. The summed E-state index contributed by atoms with van der Waals surface area (Å²) in [5, 5.41) is 15.1. The summed E-state index contributed by atoms with van der Waals surface area (Å²) in [5.74, 6) is -1.20. The molecule has 0 radical (unpaired) electrons. The van der Waals surface area contributed by atoms with E-state index in [-0.39, 0.29) is 28.4 Å². The molecule has 1 aliphatic rings. The highest BCUT2D eigenvalue weighted by Gasteiger charge is 2.17. The van der Waals surface area contributed by atoms with Gasteiger partial charge in [0.2, 0.25) is 0 Å². The van der Waals surface area contributed by atoms with Gasteiger partial charge in [0.05, 0.1) is 10.6 Å². The molecule has 21 heavy (non-hydrogen) atoms. The van der Waals surface area contributed by atoms with Gasteiger partial charge in [0.1, 0.15) is 5.75 Å². The summed E-state index contributed by atoms with van der Waals surface area (Å²) in [6.45, 7) is 0. The number of hydrogen-bond donors (Lipinski definition) is 4. The van der Waals surface area contributed by atoms with Crippen molar-refractivity contribution in [1.29, 1.82) is 0 Å². The van der Waals surface area contributed by atoms with Gasteiger partial charge in [0.25, 0.3) is 5.91 Å². The van der Waals surface area contributed by atoms with Gasteiger partial charge in [-0.15, -0.1) is 0 Å². The number of rotatable bonds is 3. The van der Waals surface area contributed by atoms with E-state index in [1.54, 1.807) is 0 Å². The number of anilines is 1. The number of primary amides is 1. The van der Waals surface area contributed by atoms with Crippen LogP contribution in [-0.2, 0) is 0 Å². The summed E-state index contributed by atoms with van der Waals surface area (Å²) in [6.07, 6.45) is 5.37. The number of nitrogens with one attached hydrogen (secondary N) is 2. The largest absolute Gasteiger partial charge is 0.506 e. The number of halogens is 1. The monoisotopic (exact) mass is 311 g/mol. The third kappa shape index (κ3) is 4.01. The number of hydrogen-bond acceptors (Lipinski definition) is 3. The van der Waals surface area contributed by atoms with Crippen LogP contribution in [0.15, 0.2) is 12.1 Å². The Morgan fingerprint density at radius 1 is 1.24 bits per heavy atom. The Morgan fingerprint density at radius 3 is 2.52 bits per heavy atom. The van der Waals surface area contributed by atoms with Crippen LogP contribution in [0.1, 0.15) is 42.5 Å². The van der Waals surface area contributed by atoms with Crippen molar-refractivity contribution < 1.29 is 14.7 Å². The fourth-order valence-electron chi connectivity index (χ4n) is 2.46. The number of carbonyl (C=O) groups is 2. The first-order valence-corrected chi connectivity index (χ1v) is 7.25. The lowest BCUT2D eigenvalue weighted by molar-refractivity contribution is 0.0997. The third-order valence-electron chi connectivity index (χ3n) is 3.53. The van der Waals surface area contributed by atoms with Crippen LogP contribution >= 0.6 is 11.6 Å². The molecule has 0 aromatic heterocycles. The van der Waals surface area contributed by atoms with Gasteiger partial charge in [-0.25, -0.2) is 4.79 Å². The molecule has 0 saturated heterocycles. The predicted octanol–water partition coefficient (Wildman–Crippen LogP) is 2.60. The van der Waals surface area contributed by atoms with E-state index in [1.165, 1.54) is 18.6 Å². The number of amides is 3. The van der Waals surface area contributed by atoms with Crippen molar-refractivity contribution in [3.63, 3.8) is 0 Å². The second-order valence-electron chi connectivity index (χ2n) is 5.15. The number of carbonyl (C=O) groups excluding carboxylic acids is 2. The summed E-state index contributed by atoms with van der Waals surface area (Å²) >= 11 is 5.81. The van der Waals surface area contributed by atoms with E-state index in [9.17, 15) is 14.7 Å². The quantitative estimate of drug-likeness (QED) is 0.645. The molecular weight excluding hydrogens is 294 g/mol. The first-order valence-electron chi connectivity index (χ1n) is 6.87. The van der Waals surface area contributed by atoms with Gasteiger partial charge in [-0.3, -0.25) is 4.79 Å². The maximum absolute atomic E-state index is 11.9. The first-order chi connectivity index (χ1) is 9.97. The van der Waals surface area contributed by atoms with Crippen LogP contribution in [-0.4, -0.2) is 23.1 Å². The normalized spacial score (nSPS) is 15.5. The van der Waals surface area contributed by atoms with Crippen LogP contribution in [0.2, 0.25) is 5.02 Å². The van der Waals surface area contributed by atoms with Crippen LogP contribution in [0.5, 0.6) is 5.75 Å². The Hall–Kier alpha value is -1.95. The van der Waals surface area contributed by atoms with E-state index < -0.39 is 5.91 Å². The summed E-state index contributed by atoms with van der Waals surface area (Å²) in [7, 11) is 0. The molecule has 0 bridgehead atoms. The van der Waals surface area contributed by atoms with Gasteiger partial charge in [0, 0.05) is 11.7 Å². The summed E-state index contributed by atoms with van der Waals surface area (Å²) < 4.78 is 0. The maximum Gasteiger partial charge on any atom is 0.319 e. The summed E-state index contributed by atoms with van der Waals surface area (Å²) in [5.41, 5.74) is 5.32. The fourth-order valence-corrected chi connectivity index (χ4v) is 2.68. The Bertz CT molecular complexity index is 557. The highest BCUT2D eigenvalue weighted by Crippen LogP contribution is 2.31. The number of urea groups is 1. The van der Waals surface area contributed by atoms with Gasteiger partial charge in [-0.1, -0.05) is 30.9 Å². The molecule has 1 saturated carbocycles. The molecule has 1 fully saturated rings. The zero-order valence-electron chi connectivity index (χ0n) is 11.5. The lowest BCUT2D eigenvalue weighted by atomic mass is 9.96. The molecule has 7 heteroatoms. The molecule has 5 N–H and O–H groups in total. The molecule has 114 valence electrons. The molecule has 2 rings (SSSR count). The molecule has 0 spiro atoms. The summed E-state index contributed by atoms with van der Waals surface area (Å²) in [6, 6.07) is 2.47. The standard InChI is InChI=1S/C14H18ClN3O3/c15-11-7-9(6-10(12(11)19)13(16)20)18-14(21)17-8-4-2-1-3-5-8/h6-8,19H,1-5H2,(H2,16,20)(H2,17,18,21). The van der Waals surface area contributed by atoms with Crippen molar-refractivity contribution in [1.82, 2.24) is 5.32 Å². The van der Waals surface area contributed by atoms with E-state index in [2.05, 4.69) is 10.6 Å². The third-order valence-corrected chi connectivity index (χ3v) is 3.82. The number of benzene rings is 1. The number of nitrogens with two attached hydrogens (primary N) is 1. The van der Waals surface area contributed by atoms with Crippen LogP contribution in [0.3, 0.4) is 0 Å². The lowest BCUT2D eigenvalue weighted by Crippen LogP contribution is -2.39. The zero-order chi connectivity index (χ0) is 15.4. The molecule has 1 aromatic carbocycles. The van der Waals surface area contributed by atoms with Crippen molar-refractivity contribution in [2.24, 2.45) is 5.73 Å².